The van der Waals surface area contributed by atoms with Gasteiger partial charge in [0.1, 0.15) is 5.54 Å². The molecule has 108 valence electrons. The van der Waals surface area contributed by atoms with E-state index in [4.69, 9.17) is 0 Å². The molecule has 0 spiro atoms. The van der Waals surface area contributed by atoms with E-state index >= 15 is 0 Å². The van der Waals surface area contributed by atoms with Crippen LogP contribution in [0.3, 0.4) is 0 Å². The second kappa shape index (κ2) is 6.39. The van der Waals surface area contributed by atoms with Gasteiger partial charge in [-0.2, -0.15) is 5.26 Å². The summed E-state index contributed by atoms with van der Waals surface area (Å²) in [5.74, 6) is 1.49. The third kappa shape index (κ3) is 3.03. The number of hydrogen-bond acceptors (Lipinski definition) is 3. The van der Waals surface area contributed by atoms with Crippen molar-refractivity contribution in [2.75, 3.05) is 26.7 Å². The Labute approximate surface area is 122 Å². The predicted octanol–water partition coefficient (Wildman–Crippen LogP) is 2.60. The highest BCUT2D eigenvalue weighted by Gasteiger charge is 2.35. The zero-order valence-electron chi connectivity index (χ0n) is 12.8. The maximum atomic E-state index is 9.73. The first-order chi connectivity index (χ1) is 9.61. The van der Waals surface area contributed by atoms with Gasteiger partial charge in [0.05, 0.1) is 6.07 Å². The summed E-state index contributed by atoms with van der Waals surface area (Å²) in [6, 6.07) is 12.6. The van der Waals surface area contributed by atoms with Crippen LogP contribution in [0.4, 0.5) is 0 Å². The molecule has 3 heteroatoms. The Bertz CT molecular complexity index is 463. The Morgan fingerprint density at radius 1 is 1.40 bits per heavy atom. The summed E-state index contributed by atoms with van der Waals surface area (Å²) < 4.78 is 0. The Hall–Kier alpha value is -1.37. The van der Waals surface area contributed by atoms with E-state index in [0.29, 0.717) is 0 Å². The summed E-state index contributed by atoms with van der Waals surface area (Å²) in [5.41, 5.74) is 0.450. The van der Waals surface area contributed by atoms with Crippen LogP contribution in [0, 0.1) is 23.2 Å². The van der Waals surface area contributed by atoms with Crippen LogP contribution in [0.25, 0.3) is 0 Å². The zero-order chi connectivity index (χ0) is 14.6. The van der Waals surface area contributed by atoms with Gasteiger partial charge in [0.15, 0.2) is 0 Å². The van der Waals surface area contributed by atoms with E-state index in [9.17, 15) is 5.26 Å². The summed E-state index contributed by atoms with van der Waals surface area (Å²) >= 11 is 0. The average Bonchev–Trinajstić information content (AvgIpc) is 2.94. The molecule has 1 fully saturated rings. The fourth-order valence-corrected chi connectivity index (χ4v) is 3.08. The summed E-state index contributed by atoms with van der Waals surface area (Å²) in [4.78, 5) is 2.43. The van der Waals surface area contributed by atoms with E-state index in [1.807, 2.05) is 37.4 Å². The largest absolute Gasteiger partial charge is 0.300 e. The van der Waals surface area contributed by atoms with E-state index in [-0.39, 0.29) is 0 Å². The third-order valence-corrected chi connectivity index (χ3v) is 4.60. The molecule has 2 unspecified atom stereocenters. The summed E-state index contributed by atoms with van der Waals surface area (Å²) in [6.45, 7) is 7.55. The molecule has 1 aliphatic heterocycles. The third-order valence-electron chi connectivity index (χ3n) is 4.60. The van der Waals surface area contributed by atoms with Crippen LogP contribution >= 0.6 is 0 Å². The minimum absolute atomic E-state index is 0.604. The maximum absolute atomic E-state index is 9.73. The molecule has 1 aromatic carbocycles. The second-order valence-corrected chi connectivity index (χ2v) is 6.16. The molecule has 0 aromatic heterocycles. The zero-order valence-corrected chi connectivity index (χ0v) is 12.8. The quantitative estimate of drug-likeness (QED) is 0.894. The molecule has 20 heavy (non-hydrogen) atoms. The molecule has 0 bridgehead atoms. The number of hydrogen-bond donors (Lipinski definition) is 1. The number of benzene rings is 1. The predicted molar refractivity (Wildman–Crippen MR) is 82.2 cm³/mol. The standard InChI is InChI=1S/C17H25N3/c1-14(2)15-9-10-20(11-15)13-17(12-18,19-3)16-7-5-4-6-8-16/h4-8,14-15,19H,9-11,13H2,1-3H3. The minimum atomic E-state index is -0.604. The number of nitrogens with zero attached hydrogens (tertiary/aromatic N) is 2. The lowest BCUT2D eigenvalue weighted by molar-refractivity contribution is 0.242. The van der Waals surface area contributed by atoms with E-state index < -0.39 is 5.54 Å². The molecule has 2 rings (SSSR count). The van der Waals surface area contributed by atoms with Crippen LogP contribution < -0.4 is 5.32 Å². The van der Waals surface area contributed by atoms with Gasteiger partial charge in [0, 0.05) is 13.1 Å². The van der Waals surface area contributed by atoms with Crippen LogP contribution in [-0.4, -0.2) is 31.6 Å². The molecule has 0 aliphatic carbocycles. The van der Waals surface area contributed by atoms with Crippen molar-refractivity contribution in [3.05, 3.63) is 35.9 Å². The van der Waals surface area contributed by atoms with Gasteiger partial charge in [-0.25, -0.2) is 0 Å². The highest BCUT2D eigenvalue weighted by Crippen LogP contribution is 2.28. The normalized spacial score (nSPS) is 22.6. The molecular weight excluding hydrogens is 246 g/mol. The number of likely N-dealkylation sites (tertiary alicyclic amines) is 1. The van der Waals surface area contributed by atoms with Crippen molar-refractivity contribution < 1.29 is 0 Å². The molecule has 1 aromatic rings. The molecule has 1 aliphatic rings. The van der Waals surface area contributed by atoms with Crippen LogP contribution in [0.1, 0.15) is 25.8 Å². The van der Waals surface area contributed by atoms with Crippen molar-refractivity contribution in [2.45, 2.75) is 25.8 Å². The van der Waals surface area contributed by atoms with Crippen molar-refractivity contribution in [3.63, 3.8) is 0 Å². The van der Waals surface area contributed by atoms with Gasteiger partial charge in [-0.05, 0) is 37.4 Å². The molecule has 2 atom stereocenters. The minimum Gasteiger partial charge on any atom is -0.300 e. The van der Waals surface area contributed by atoms with Crippen LogP contribution in [0.5, 0.6) is 0 Å². The van der Waals surface area contributed by atoms with Gasteiger partial charge < -0.3 is 0 Å². The van der Waals surface area contributed by atoms with Gasteiger partial charge in [0.25, 0.3) is 0 Å². The summed E-state index contributed by atoms with van der Waals surface area (Å²) in [5, 5.41) is 13.0. The molecule has 0 saturated carbocycles. The number of nitrogens with one attached hydrogen (secondary N) is 1. The Morgan fingerprint density at radius 2 is 2.10 bits per heavy atom. The molecule has 1 N–H and O–H groups in total. The SMILES string of the molecule is CNC(C#N)(CN1CCC(C(C)C)C1)c1ccccc1. The van der Waals surface area contributed by atoms with Crippen molar-refractivity contribution in [3.8, 4) is 6.07 Å². The first kappa shape index (κ1) is 15.0. The lowest BCUT2D eigenvalue weighted by Gasteiger charge is -2.31. The Balaban J connectivity index is 2.14. The first-order valence-corrected chi connectivity index (χ1v) is 7.49. The summed E-state index contributed by atoms with van der Waals surface area (Å²) in [7, 11) is 1.88. The average molecular weight is 271 g/mol. The summed E-state index contributed by atoms with van der Waals surface area (Å²) in [6.07, 6.45) is 1.25. The van der Waals surface area contributed by atoms with E-state index in [1.54, 1.807) is 0 Å². The van der Waals surface area contributed by atoms with E-state index in [1.165, 1.54) is 6.42 Å². The van der Waals surface area contributed by atoms with Crippen LogP contribution in [-0.2, 0) is 5.54 Å². The van der Waals surface area contributed by atoms with Gasteiger partial charge in [-0.3, -0.25) is 10.2 Å². The lowest BCUT2D eigenvalue weighted by Crippen LogP contribution is -2.48. The highest BCUT2D eigenvalue weighted by molar-refractivity contribution is 5.32. The molecular formula is C17H25N3. The molecule has 3 nitrogen and oxygen atoms in total. The van der Waals surface area contributed by atoms with E-state index in [0.717, 1.165) is 37.0 Å². The number of likely N-dealkylation sites (N-methyl/N-ethyl adjacent to an activating group) is 1. The molecule has 0 amide bonds. The van der Waals surface area contributed by atoms with Crippen molar-refractivity contribution in [1.82, 2.24) is 10.2 Å². The monoisotopic (exact) mass is 271 g/mol. The highest BCUT2D eigenvalue weighted by atomic mass is 15.2. The molecule has 0 radical (unpaired) electrons. The molecule has 1 heterocycles. The van der Waals surface area contributed by atoms with Gasteiger partial charge >= 0.3 is 0 Å². The fraction of sp³-hybridized carbons (Fsp3) is 0.588. The maximum Gasteiger partial charge on any atom is 0.144 e. The van der Waals surface area contributed by atoms with Crippen molar-refractivity contribution in [2.24, 2.45) is 11.8 Å². The van der Waals surface area contributed by atoms with E-state index in [2.05, 4.69) is 30.1 Å². The number of rotatable bonds is 5. The van der Waals surface area contributed by atoms with Gasteiger partial charge in [-0.15, -0.1) is 0 Å². The van der Waals surface area contributed by atoms with Crippen LogP contribution in [0.2, 0.25) is 0 Å². The second-order valence-electron chi connectivity index (χ2n) is 6.16. The fourth-order valence-electron chi connectivity index (χ4n) is 3.08. The first-order valence-electron chi connectivity index (χ1n) is 7.49. The lowest BCUT2D eigenvalue weighted by atomic mass is 9.90. The van der Waals surface area contributed by atoms with Gasteiger partial charge in [-0.1, -0.05) is 44.2 Å². The van der Waals surface area contributed by atoms with Gasteiger partial charge in [0.2, 0.25) is 0 Å². The topological polar surface area (TPSA) is 39.1 Å². The van der Waals surface area contributed by atoms with Crippen molar-refractivity contribution in [1.29, 1.82) is 5.26 Å². The smallest absolute Gasteiger partial charge is 0.144 e. The number of nitriles is 1. The Morgan fingerprint density at radius 3 is 2.60 bits per heavy atom. The van der Waals surface area contributed by atoms with Crippen LogP contribution in [0.15, 0.2) is 30.3 Å². The molecule has 1 saturated heterocycles. The van der Waals surface area contributed by atoms with Crippen molar-refractivity contribution >= 4 is 0 Å². The Kier molecular flexibility index (Phi) is 4.80.